The van der Waals surface area contributed by atoms with Crippen molar-refractivity contribution in [2.75, 3.05) is 19.6 Å². The average Bonchev–Trinajstić information content (AvgIpc) is 3.08. The minimum Gasteiger partial charge on any atom is -0.317 e. The Morgan fingerprint density at radius 1 is 1.07 bits per heavy atom. The molecule has 2 aliphatic carbocycles. The minimum atomic E-state index is 0.783. The lowest BCUT2D eigenvalue weighted by atomic mass is 9.99. The molecule has 2 heteroatoms. The molecule has 0 radical (unpaired) electrons. The van der Waals surface area contributed by atoms with Gasteiger partial charge in [0.25, 0.3) is 0 Å². The van der Waals surface area contributed by atoms with Crippen molar-refractivity contribution in [2.24, 2.45) is 11.3 Å². The summed E-state index contributed by atoms with van der Waals surface area (Å²) in [6.45, 7) is 3.75. The van der Waals surface area contributed by atoms with Crippen LogP contribution in [0.1, 0.15) is 38.5 Å². The summed E-state index contributed by atoms with van der Waals surface area (Å²) >= 11 is 0. The highest BCUT2D eigenvalue weighted by Gasteiger charge is 2.53. The summed E-state index contributed by atoms with van der Waals surface area (Å²) in [5.41, 5.74) is 0.783. The van der Waals surface area contributed by atoms with Crippen molar-refractivity contribution in [1.29, 1.82) is 0 Å². The number of rotatable bonds is 4. The predicted octanol–water partition coefficient (Wildman–Crippen LogP) is 1.52. The number of nitrogens with one attached hydrogen (secondary N) is 2. The smallest absolute Gasteiger partial charge is 0.00914 e. The van der Waals surface area contributed by atoms with Gasteiger partial charge in [-0.3, -0.25) is 0 Å². The Morgan fingerprint density at radius 2 is 1.79 bits per heavy atom. The zero-order valence-corrected chi connectivity index (χ0v) is 9.02. The summed E-state index contributed by atoms with van der Waals surface area (Å²) < 4.78 is 0. The Hall–Kier alpha value is -0.0800. The van der Waals surface area contributed by atoms with Gasteiger partial charge in [-0.05, 0) is 62.9 Å². The molecule has 1 heterocycles. The van der Waals surface area contributed by atoms with Crippen LogP contribution in [0.3, 0.4) is 0 Å². The SMILES string of the molecule is C1CC(NCC2(C3CC3)CC2)CCN1. The van der Waals surface area contributed by atoms with E-state index in [0.29, 0.717) is 0 Å². The van der Waals surface area contributed by atoms with Crippen molar-refractivity contribution in [3.8, 4) is 0 Å². The third kappa shape index (κ3) is 1.82. The molecule has 3 aliphatic rings. The summed E-state index contributed by atoms with van der Waals surface area (Å²) in [5, 5.41) is 7.23. The first-order valence-electron chi connectivity index (χ1n) is 6.33. The molecule has 0 aromatic heterocycles. The van der Waals surface area contributed by atoms with Crippen LogP contribution in [-0.4, -0.2) is 25.7 Å². The first-order valence-corrected chi connectivity index (χ1v) is 6.33. The fraction of sp³-hybridized carbons (Fsp3) is 1.00. The van der Waals surface area contributed by atoms with Crippen LogP contribution in [0.15, 0.2) is 0 Å². The molecule has 0 amide bonds. The first-order chi connectivity index (χ1) is 6.89. The molecule has 0 aromatic rings. The van der Waals surface area contributed by atoms with E-state index in [1.165, 1.54) is 58.2 Å². The Bertz CT molecular complexity index is 200. The molecule has 2 N–H and O–H groups in total. The zero-order valence-electron chi connectivity index (χ0n) is 9.02. The van der Waals surface area contributed by atoms with Crippen molar-refractivity contribution in [3.63, 3.8) is 0 Å². The summed E-state index contributed by atoms with van der Waals surface area (Å²) in [6.07, 6.45) is 8.73. The predicted molar refractivity (Wildman–Crippen MR) is 58.3 cm³/mol. The lowest BCUT2D eigenvalue weighted by Gasteiger charge is -2.26. The van der Waals surface area contributed by atoms with Gasteiger partial charge >= 0.3 is 0 Å². The van der Waals surface area contributed by atoms with Crippen LogP contribution in [0.4, 0.5) is 0 Å². The van der Waals surface area contributed by atoms with Crippen LogP contribution in [0.5, 0.6) is 0 Å². The Morgan fingerprint density at radius 3 is 2.36 bits per heavy atom. The largest absolute Gasteiger partial charge is 0.317 e. The highest BCUT2D eigenvalue weighted by molar-refractivity contribution is 5.05. The molecule has 80 valence electrons. The second kappa shape index (κ2) is 3.49. The monoisotopic (exact) mass is 194 g/mol. The van der Waals surface area contributed by atoms with E-state index in [0.717, 1.165) is 17.4 Å². The molecule has 0 unspecified atom stereocenters. The standard InChI is InChI=1S/C12H22N2/c1-2-10(1)12(5-6-12)9-14-11-3-7-13-8-4-11/h10-11,13-14H,1-9H2. The van der Waals surface area contributed by atoms with Gasteiger partial charge < -0.3 is 10.6 Å². The third-order valence-electron chi connectivity index (χ3n) is 4.42. The van der Waals surface area contributed by atoms with Gasteiger partial charge in [0, 0.05) is 12.6 Å². The summed E-state index contributed by atoms with van der Waals surface area (Å²) in [4.78, 5) is 0. The van der Waals surface area contributed by atoms with Crippen molar-refractivity contribution < 1.29 is 0 Å². The van der Waals surface area contributed by atoms with E-state index in [1.54, 1.807) is 0 Å². The van der Waals surface area contributed by atoms with Crippen LogP contribution >= 0.6 is 0 Å². The van der Waals surface area contributed by atoms with E-state index < -0.39 is 0 Å². The number of hydrogen-bond donors (Lipinski definition) is 2. The normalized spacial score (nSPS) is 31.7. The highest BCUT2D eigenvalue weighted by Crippen LogP contribution is 2.60. The molecule has 1 saturated heterocycles. The lowest BCUT2D eigenvalue weighted by Crippen LogP contribution is -2.42. The second-order valence-electron chi connectivity index (χ2n) is 5.54. The van der Waals surface area contributed by atoms with Crippen molar-refractivity contribution in [3.05, 3.63) is 0 Å². The van der Waals surface area contributed by atoms with E-state index >= 15 is 0 Å². The maximum absolute atomic E-state index is 3.81. The molecule has 3 rings (SSSR count). The molecule has 0 bridgehead atoms. The number of hydrogen-bond acceptors (Lipinski definition) is 2. The molecule has 1 aliphatic heterocycles. The van der Waals surface area contributed by atoms with E-state index in [1.807, 2.05) is 0 Å². The van der Waals surface area contributed by atoms with Gasteiger partial charge in [0.2, 0.25) is 0 Å². The Kier molecular flexibility index (Phi) is 2.29. The maximum atomic E-state index is 3.81. The quantitative estimate of drug-likeness (QED) is 0.709. The summed E-state index contributed by atoms with van der Waals surface area (Å²) in [5.74, 6) is 1.11. The lowest BCUT2D eigenvalue weighted by molar-refractivity contribution is 0.328. The van der Waals surface area contributed by atoms with Crippen LogP contribution in [0.25, 0.3) is 0 Å². The molecule has 0 spiro atoms. The summed E-state index contributed by atoms with van der Waals surface area (Å²) in [7, 11) is 0. The molecular formula is C12H22N2. The van der Waals surface area contributed by atoms with E-state index in [2.05, 4.69) is 10.6 Å². The Balaban J connectivity index is 1.44. The van der Waals surface area contributed by atoms with Gasteiger partial charge in [0.1, 0.15) is 0 Å². The van der Waals surface area contributed by atoms with Gasteiger partial charge in [-0.25, -0.2) is 0 Å². The molecule has 3 fully saturated rings. The van der Waals surface area contributed by atoms with Crippen molar-refractivity contribution >= 4 is 0 Å². The third-order valence-corrected chi connectivity index (χ3v) is 4.42. The molecule has 14 heavy (non-hydrogen) atoms. The topological polar surface area (TPSA) is 24.1 Å². The molecular weight excluding hydrogens is 172 g/mol. The van der Waals surface area contributed by atoms with Gasteiger partial charge in [-0.15, -0.1) is 0 Å². The first kappa shape index (κ1) is 9.17. The van der Waals surface area contributed by atoms with Crippen LogP contribution in [0.2, 0.25) is 0 Å². The number of piperidine rings is 1. The van der Waals surface area contributed by atoms with Crippen LogP contribution in [0, 0.1) is 11.3 Å². The maximum Gasteiger partial charge on any atom is 0.00914 e. The molecule has 0 atom stereocenters. The summed E-state index contributed by atoms with van der Waals surface area (Å²) in [6, 6.07) is 0.812. The zero-order chi connectivity index (χ0) is 9.43. The molecule has 2 saturated carbocycles. The average molecular weight is 194 g/mol. The molecule has 0 aromatic carbocycles. The van der Waals surface area contributed by atoms with E-state index in [-0.39, 0.29) is 0 Å². The van der Waals surface area contributed by atoms with Crippen LogP contribution < -0.4 is 10.6 Å². The van der Waals surface area contributed by atoms with Gasteiger partial charge in [0.15, 0.2) is 0 Å². The van der Waals surface area contributed by atoms with Crippen LogP contribution in [-0.2, 0) is 0 Å². The molecule has 2 nitrogen and oxygen atoms in total. The van der Waals surface area contributed by atoms with Gasteiger partial charge in [0.05, 0.1) is 0 Å². The van der Waals surface area contributed by atoms with E-state index in [9.17, 15) is 0 Å². The second-order valence-corrected chi connectivity index (χ2v) is 5.54. The minimum absolute atomic E-state index is 0.783. The van der Waals surface area contributed by atoms with Gasteiger partial charge in [-0.1, -0.05) is 0 Å². The fourth-order valence-corrected chi connectivity index (χ4v) is 2.96. The van der Waals surface area contributed by atoms with Crippen molar-refractivity contribution in [2.45, 2.75) is 44.6 Å². The Labute approximate surface area is 86.8 Å². The fourth-order valence-electron chi connectivity index (χ4n) is 2.96. The van der Waals surface area contributed by atoms with Crippen molar-refractivity contribution in [1.82, 2.24) is 10.6 Å². The highest BCUT2D eigenvalue weighted by atomic mass is 15.0. The van der Waals surface area contributed by atoms with Gasteiger partial charge in [-0.2, -0.15) is 0 Å². The van der Waals surface area contributed by atoms with E-state index in [4.69, 9.17) is 0 Å².